The number of aryl methyl sites for hydroxylation is 3. The summed E-state index contributed by atoms with van der Waals surface area (Å²) in [6.45, 7) is 7.09. The highest BCUT2D eigenvalue weighted by Crippen LogP contribution is 2.27. The van der Waals surface area contributed by atoms with Crippen LogP contribution < -0.4 is 5.73 Å². The van der Waals surface area contributed by atoms with Crippen molar-refractivity contribution in [3.63, 3.8) is 0 Å². The van der Waals surface area contributed by atoms with Crippen molar-refractivity contribution in [1.29, 1.82) is 0 Å². The Morgan fingerprint density at radius 2 is 2.24 bits per heavy atom. The van der Waals surface area contributed by atoms with E-state index in [9.17, 15) is 0 Å². The summed E-state index contributed by atoms with van der Waals surface area (Å²) < 4.78 is 1.94. The van der Waals surface area contributed by atoms with Crippen molar-refractivity contribution in [3.05, 3.63) is 33.5 Å². The van der Waals surface area contributed by atoms with Crippen molar-refractivity contribution in [2.45, 2.75) is 39.8 Å². The zero-order valence-electron chi connectivity index (χ0n) is 10.5. The van der Waals surface area contributed by atoms with Gasteiger partial charge in [-0.1, -0.05) is 6.92 Å². The number of rotatable bonds is 4. The van der Waals surface area contributed by atoms with Crippen LogP contribution in [-0.4, -0.2) is 14.8 Å². The lowest BCUT2D eigenvalue weighted by atomic mass is 10.1. The topological polar surface area (TPSA) is 56.7 Å². The summed E-state index contributed by atoms with van der Waals surface area (Å²) in [7, 11) is 0. The molecule has 0 fully saturated rings. The minimum absolute atomic E-state index is 0.105. The molecule has 0 spiro atoms. The summed E-state index contributed by atoms with van der Waals surface area (Å²) in [6.07, 6.45) is 4.96. The maximum absolute atomic E-state index is 6.26. The molecule has 0 aliphatic rings. The van der Waals surface area contributed by atoms with Crippen molar-refractivity contribution >= 4 is 11.3 Å². The van der Waals surface area contributed by atoms with Gasteiger partial charge >= 0.3 is 0 Å². The molecule has 2 rings (SSSR count). The van der Waals surface area contributed by atoms with Crippen LogP contribution in [-0.2, 0) is 6.54 Å². The van der Waals surface area contributed by atoms with Gasteiger partial charge in [-0.05, 0) is 20.3 Å². The molecule has 0 saturated carbocycles. The first-order valence-corrected chi connectivity index (χ1v) is 6.65. The van der Waals surface area contributed by atoms with Crippen molar-refractivity contribution in [2.24, 2.45) is 5.73 Å². The summed E-state index contributed by atoms with van der Waals surface area (Å²) in [4.78, 5) is 5.55. The molecule has 0 amide bonds. The molecule has 0 saturated heterocycles. The zero-order chi connectivity index (χ0) is 12.4. The number of nitrogens with zero attached hydrogens (tertiary/aromatic N) is 3. The zero-order valence-corrected chi connectivity index (χ0v) is 11.3. The first-order chi connectivity index (χ1) is 8.11. The number of nitrogens with two attached hydrogens (primary N) is 1. The summed E-state index contributed by atoms with van der Waals surface area (Å²) in [5.41, 5.74) is 8.35. The minimum Gasteiger partial charge on any atom is -0.319 e. The lowest BCUT2D eigenvalue weighted by molar-refractivity contribution is 0.602. The van der Waals surface area contributed by atoms with Crippen LogP contribution in [0.2, 0.25) is 0 Å². The molecule has 2 N–H and O–H groups in total. The van der Waals surface area contributed by atoms with Crippen LogP contribution in [0.3, 0.4) is 0 Å². The highest BCUT2D eigenvalue weighted by Gasteiger charge is 2.16. The van der Waals surface area contributed by atoms with E-state index in [1.165, 1.54) is 0 Å². The molecule has 17 heavy (non-hydrogen) atoms. The number of hydrogen-bond acceptors (Lipinski definition) is 4. The Morgan fingerprint density at radius 3 is 2.82 bits per heavy atom. The average molecular weight is 250 g/mol. The van der Waals surface area contributed by atoms with Crippen LogP contribution >= 0.6 is 11.3 Å². The molecule has 0 radical (unpaired) electrons. The normalized spacial score (nSPS) is 12.9. The Labute approximate surface area is 105 Å². The van der Waals surface area contributed by atoms with Gasteiger partial charge in [0.2, 0.25) is 0 Å². The molecule has 1 atom stereocenters. The highest BCUT2D eigenvalue weighted by atomic mass is 32.1. The molecule has 0 aromatic carbocycles. The van der Waals surface area contributed by atoms with Crippen molar-refractivity contribution in [1.82, 2.24) is 14.8 Å². The lowest BCUT2D eigenvalue weighted by Gasteiger charge is -2.07. The average Bonchev–Trinajstić information content (AvgIpc) is 2.85. The van der Waals surface area contributed by atoms with Gasteiger partial charge in [0.15, 0.2) is 0 Å². The molecule has 2 aromatic rings. The highest BCUT2D eigenvalue weighted by molar-refractivity contribution is 7.11. The standard InChI is InChI=1S/C12H18N4S/c1-4-5-16-7-10(6-14-16)11(13)12-8(2)15-9(3)17-12/h6-7,11H,4-5,13H2,1-3H3. The van der Waals surface area contributed by atoms with Crippen molar-refractivity contribution in [3.8, 4) is 0 Å². The first kappa shape index (κ1) is 12.3. The maximum atomic E-state index is 6.26. The van der Waals surface area contributed by atoms with Crippen LogP contribution in [0.25, 0.3) is 0 Å². The summed E-state index contributed by atoms with van der Waals surface area (Å²) in [5, 5.41) is 5.37. The van der Waals surface area contributed by atoms with E-state index in [4.69, 9.17) is 5.73 Å². The molecule has 0 aliphatic heterocycles. The fourth-order valence-corrected chi connectivity index (χ4v) is 2.84. The minimum atomic E-state index is -0.105. The Balaban J connectivity index is 2.24. The SMILES string of the molecule is CCCn1cc(C(N)c2sc(C)nc2C)cn1. The quantitative estimate of drug-likeness (QED) is 0.906. The number of aromatic nitrogens is 3. The van der Waals surface area contributed by atoms with Gasteiger partial charge in [-0.2, -0.15) is 5.10 Å². The molecule has 1 unspecified atom stereocenters. The number of hydrogen-bond donors (Lipinski definition) is 1. The van der Waals surface area contributed by atoms with Crippen LogP contribution in [0.15, 0.2) is 12.4 Å². The Bertz CT molecular complexity index is 500. The van der Waals surface area contributed by atoms with E-state index in [-0.39, 0.29) is 6.04 Å². The fraction of sp³-hybridized carbons (Fsp3) is 0.500. The van der Waals surface area contributed by atoms with Crippen LogP contribution in [0.4, 0.5) is 0 Å². The Hall–Kier alpha value is -1.20. The fourth-order valence-electron chi connectivity index (χ4n) is 1.88. The van der Waals surface area contributed by atoms with Gasteiger partial charge in [0.1, 0.15) is 0 Å². The Morgan fingerprint density at radius 1 is 1.47 bits per heavy atom. The van der Waals surface area contributed by atoms with Crippen molar-refractivity contribution in [2.75, 3.05) is 0 Å². The smallest absolute Gasteiger partial charge is 0.0900 e. The third-order valence-corrected chi connectivity index (χ3v) is 3.84. The van der Waals surface area contributed by atoms with E-state index >= 15 is 0 Å². The van der Waals surface area contributed by atoms with Crippen LogP contribution in [0.5, 0.6) is 0 Å². The van der Waals surface area contributed by atoms with E-state index in [2.05, 4.69) is 17.0 Å². The summed E-state index contributed by atoms with van der Waals surface area (Å²) >= 11 is 1.67. The lowest BCUT2D eigenvalue weighted by Crippen LogP contribution is -2.10. The molecule has 5 heteroatoms. The van der Waals surface area contributed by atoms with E-state index in [0.29, 0.717) is 0 Å². The molecular formula is C12H18N4S. The summed E-state index contributed by atoms with van der Waals surface area (Å²) in [6, 6.07) is -0.105. The second kappa shape index (κ2) is 4.98. The van der Waals surface area contributed by atoms with Gasteiger partial charge in [0, 0.05) is 23.2 Å². The predicted octanol–water partition coefficient (Wildman–Crippen LogP) is 2.41. The molecule has 2 heterocycles. The van der Waals surface area contributed by atoms with Gasteiger partial charge in [0.25, 0.3) is 0 Å². The first-order valence-electron chi connectivity index (χ1n) is 5.83. The third-order valence-electron chi connectivity index (χ3n) is 2.69. The monoisotopic (exact) mass is 250 g/mol. The van der Waals surface area contributed by atoms with E-state index in [1.807, 2.05) is 30.9 Å². The van der Waals surface area contributed by atoms with Crippen LogP contribution in [0, 0.1) is 13.8 Å². The van der Waals surface area contributed by atoms with E-state index in [0.717, 1.165) is 34.1 Å². The van der Waals surface area contributed by atoms with Crippen LogP contribution in [0.1, 0.15) is 40.5 Å². The van der Waals surface area contributed by atoms with Crippen molar-refractivity contribution < 1.29 is 0 Å². The van der Waals surface area contributed by atoms with Gasteiger partial charge < -0.3 is 5.73 Å². The molecule has 2 aromatic heterocycles. The molecule has 92 valence electrons. The maximum Gasteiger partial charge on any atom is 0.0900 e. The van der Waals surface area contributed by atoms with Gasteiger partial charge in [-0.15, -0.1) is 11.3 Å². The predicted molar refractivity (Wildman–Crippen MR) is 70.1 cm³/mol. The molecule has 0 aliphatic carbocycles. The van der Waals surface area contributed by atoms with Gasteiger partial charge in [-0.25, -0.2) is 4.98 Å². The van der Waals surface area contributed by atoms with Gasteiger partial charge in [0.05, 0.1) is 22.9 Å². The number of thiazole rings is 1. The van der Waals surface area contributed by atoms with E-state index in [1.54, 1.807) is 11.3 Å². The second-order valence-corrected chi connectivity index (χ2v) is 5.43. The van der Waals surface area contributed by atoms with Gasteiger partial charge in [-0.3, -0.25) is 4.68 Å². The third kappa shape index (κ3) is 2.56. The molecular weight excluding hydrogens is 232 g/mol. The largest absolute Gasteiger partial charge is 0.319 e. The molecule has 0 bridgehead atoms. The summed E-state index contributed by atoms with van der Waals surface area (Å²) in [5.74, 6) is 0. The van der Waals surface area contributed by atoms with E-state index < -0.39 is 0 Å². The molecule has 4 nitrogen and oxygen atoms in total. The second-order valence-electron chi connectivity index (χ2n) is 4.20. The Kier molecular flexibility index (Phi) is 3.59.